The Bertz CT molecular complexity index is 2520. The van der Waals surface area contributed by atoms with Crippen LogP contribution < -0.4 is 0 Å². The van der Waals surface area contributed by atoms with Crippen molar-refractivity contribution in [2.45, 2.75) is 74.1 Å². The standard InChI is InChI=1S/C35H35N2OS.C12H10N.Ir/c1-20-11-9-12-21(2)31(20)25-15-27(36-19-22(25)18-34(3,4)5)24-14-10-13-23-26-16-30-28(17-29(26)38-32(23)24)37-33(39-30)35(6,7)8;1-10-7-8-12(13-9-10)11-5-3-2-4-6-11;/h9-13,15-17,19H,18H2,1-8H3;2-5,7-9H,1H3;/q2*-1;. The summed E-state index contributed by atoms with van der Waals surface area (Å²) in [4.78, 5) is 14.2. The van der Waals surface area contributed by atoms with E-state index >= 15 is 0 Å². The van der Waals surface area contributed by atoms with Gasteiger partial charge in [-0.1, -0.05) is 88.9 Å². The molecule has 0 aliphatic rings. The van der Waals surface area contributed by atoms with Gasteiger partial charge < -0.3 is 14.4 Å². The van der Waals surface area contributed by atoms with E-state index in [0.29, 0.717) is 0 Å². The first kappa shape index (κ1) is 38.3. The van der Waals surface area contributed by atoms with Gasteiger partial charge in [0.2, 0.25) is 0 Å². The Labute approximate surface area is 331 Å². The van der Waals surface area contributed by atoms with E-state index in [2.05, 4.69) is 127 Å². The zero-order valence-electron chi connectivity index (χ0n) is 31.9. The maximum atomic E-state index is 6.54. The SMILES string of the molecule is Cc1ccc(-c2[c-]cccc2)nc1.Cc1cccc(C)c1-c1cc(-c2[c-]ccc3c2oc2cc4nc(C(C)(C)C)sc4cc23)ncc1CC(C)(C)C.[Ir]. The van der Waals surface area contributed by atoms with Crippen molar-refractivity contribution < 1.29 is 24.5 Å². The number of furan rings is 1. The molecule has 0 amide bonds. The molecule has 0 spiro atoms. The van der Waals surface area contributed by atoms with Crippen LogP contribution in [-0.2, 0) is 31.9 Å². The van der Waals surface area contributed by atoms with Crippen LogP contribution in [0.25, 0.3) is 65.8 Å². The van der Waals surface area contributed by atoms with Crippen LogP contribution in [-0.4, -0.2) is 15.0 Å². The summed E-state index contributed by atoms with van der Waals surface area (Å²) in [6.45, 7) is 19.9. The van der Waals surface area contributed by atoms with Crippen LogP contribution in [0.3, 0.4) is 0 Å². The van der Waals surface area contributed by atoms with Gasteiger partial charge in [0.1, 0.15) is 5.58 Å². The van der Waals surface area contributed by atoms with Crippen molar-refractivity contribution in [3.8, 4) is 33.6 Å². The Hall–Kier alpha value is -4.48. The van der Waals surface area contributed by atoms with Gasteiger partial charge in [0, 0.05) is 49.4 Å². The van der Waals surface area contributed by atoms with E-state index in [9.17, 15) is 0 Å². The van der Waals surface area contributed by atoms with Gasteiger partial charge in [-0.3, -0.25) is 0 Å². The predicted molar refractivity (Wildman–Crippen MR) is 219 cm³/mol. The van der Waals surface area contributed by atoms with E-state index in [1.165, 1.54) is 38.1 Å². The van der Waals surface area contributed by atoms with Crippen LogP contribution in [0.2, 0.25) is 0 Å². The van der Waals surface area contributed by atoms with E-state index in [0.717, 1.165) is 61.4 Å². The van der Waals surface area contributed by atoms with Gasteiger partial charge in [-0.05, 0) is 83.4 Å². The van der Waals surface area contributed by atoms with E-state index in [1.54, 1.807) is 11.3 Å². The Morgan fingerprint density at radius 3 is 2.15 bits per heavy atom. The van der Waals surface area contributed by atoms with Gasteiger partial charge in [0.15, 0.2) is 0 Å². The molecule has 0 fully saturated rings. The number of rotatable bonds is 4. The molecule has 0 saturated heterocycles. The molecule has 0 atom stereocenters. The molecule has 4 nitrogen and oxygen atoms in total. The maximum absolute atomic E-state index is 6.54. The minimum absolute atomic E-state index is 0. The predicted octanol–water partition coefficient (Wildman–Crippen LogP) is 13.1. The minimum Gasteiger partial charge on any atom is -0.501 e. The summed E-state index contributed by atoms with van der Waals surface area (Å²) in [6, 6.07) is 35.7. The molecule has 4 heterocycles. The average molecular weight is 892 g/mol. The molecule has 271 valence electrons. The Kier molecular flexibility index (Phi) is 10.9. The van der Waals surface area contributed by atoms with Crippen molar-refractivity contribution in [2.24, 2.45) is 5.41 Å². The molecule has 6 heteroatoms. The zero-order valence-corrected chi connectivity index (χ0v) is 35.1. The Morgan fingerprint density at radius 2 is 1.49 bits per heavy atom. The molecular weight excluding hydrogens is 847 g/mol. The van der Waals surface area contributed by atoms with Crippen molar-refractivity contribution >= 4 is 43.5 Å². The van der Waals surface area contributed by atoms with E-state index < -0.39 is 0 Å². The molecule has 0 unspecified atom stereocenters. The quantitative estimate of drug-likeness (QED) is 0.165. The molecule has 4 aromatic carbocycles. The number of pyridine rings is 2. The molecule has 8 aromatic rings. The first-order chi connectivity index (χ1) is 24.7. The van der Waals surface area contributed by atoms with Gasteiger partial charge >= 0.3 is 0 Å². The van der Waals surface area contributed by atoms with Crippen LogP contribution in [0.15, 0.2) is 102 Å². The molecule has 4 aromatic heterocycles. The number of aromatic nitrogens is 3. The Balaban J connectivity index is 0.000000289. The second-order valence-corrected chi connectivity index (χ2v) is 17.0. The average Bonchev–Trinajstić information content (AvgIpc) is 3.69. The minimum atomic E-state index is 0. The van der Waals surface area contributed by atoms with Gasteiger partial charge in [-0.15, -0.1) is 65.4 Å². The van der Waals surface area contributed by atoms with Crippen LogP contribution >= 0.6 is 11.3 Å². The summed E-state index contributed by atoms with van der Waals surface area (Å²) in [5, 5.41) is 3.33. The monoisotopic (exact) mass is 892 g/mol. The van der Waals surface area contributed by atoms with E-state index in [4.69, 9.17) is 14.4 Å². The fourth-order valence-corrected chi connectivity index (χ4v) is 7.70. The third-order valence-electron chi connectivity index (χ3n) is 9.19. The van der Waals surface area contributed by atoms with Crippen LogP contribution in [0, 0.1) is 38.3 Å². The summed E-state index contributed by atoms with van der Waals surface area (Å²) in [6.07, 6.45) is 4.88. The number of benzene rings is 4. The summed E-state index contributed by atoms with van der Waals surface area (Å²) < 4.78 is 7.72. The molecule has 1 radical (unpaired) electrons. The fourth-order valence-electron chi connectivity index (χ4n) is 6.66. The molecule has 53 heavy (non-hydrogen) atoms. The number of fused-ring (bicyclic) bond motifs is 4. The van der Waals surface area contributed by atoms with Gasteiger partial charge in [-0.2, -0.15) is 0 Å². The second-order valence-electron chi connectivity index (χ2n) is 16.0. The van der Waals surface area contributed by atoms with Crippen molar-refractivity contribution in [2.75, 3.05) is 0 Å². The molecule has 0 aliphatic heterocycles. The molecule has 8 rings (SSSR count). The molecule has 0 bridgehead atoms. The van der Waals surface area contributed by atoms with Gasteiger partial charge in [-0.25, -0.2) is 4.98 Å². The molecule has 0 N–H and O–H groups in total. The van der Waals surface area contributed by atoms with Crippen molar-refractivity contribution in [3.63, 3.8) is 0 Å². The molecule has 0 aliphatic carbocycles. The summed E-state index contributed by atoms with van der Waals surface area (Å²) in [5.41, 5.74) is 14.2. The van der Waals surface area contributed by atoms with Crippen LogP contribution in [0.1, 0.15) is 68.8 Å². The smallest absolute Gasteiger partial charge is 0.123 e. The van der Waals surface area contributed by atoms with Crippen LogP contribution in [0.5, 0.6) is 0 Å². The Morgan fingerprint density at radius 1 is 0.736 bits per heavy atom. The zero-order chi connectivity index (χ0) is 36.8. The van der Waals surface area contributed by atoms with Crippen molar-refractivity contribution in [1.29, 1.82) is 0 Å². The first-order valence-electron chi connectivity index (χ1n) is 17.9. The summed E-state index contributed by atoms with van der Waals surface area (Å²) in [7, 11) is 0. The number of hydrogen-bond donors (Lipinski definition) is 0. The normalized spacial score (nSPS) is 11.8. The van der Waals surface area contributed by atoms with Crippen molar-refractivity contribution in [3.05, 3.63) is 137 Å². The number of thiazole rings is 1. The van der Waals surface area contributed by atoms with Crippen LogP contribution in [0.4, 0.5) is 0 Å². The number of aryl methyl sites for hydroxylation is 3. The second kappa shape index (κ2) is 15.1. The van der Waals surface area contributed by atoms with E-state index in [1.807, 2.05) is 49.5 Å². The first-order valence-corrected chi connectivity index (χ1v) is 18.7. The molecule has 0 saturated carbocycles. The number of nitrogens with zero attached hydrogens (tertiary/aromatic N) is 3. The fraction of sp³-hybridized carbons (Fsp3) is 0.255. The number of hydrogen-bond acceptors (Lipinski definition) is 5. The molecular formula is C47H45IrN3OS-2. The third-order valence-corrected chi connectivity index (χ3v) is 10.6. The van der Waals surface area contributed by atoms with Gasteiger partial charge in [0.05, 0.1) is 20.8 Å². The summed E-state index contributed by atoms with van der Waals surface area (Å²) >= 11 is 1.77. The largest absolute Gasteiger partial charge is 0.501 e. The summed E-state index contributed by atoms with van der Waals surface area (Å²) in [5.74, 6) is 0. The van der Waals surface area contributed by atoms with Gasteiger partial charge in [0.25, 0.3) is 0 Å². The van der Waals surface area contributed by atoms with Crippen molar-refractivity contribution in [1.82, 2.24) is 15.0 Å². The van der Waals surface area contributed by atoms with E-state index in [-0.39, 0.29) is 30.9 Å². The maximum Gasteiger partial charge on any atom is 0.123 e. The topological polar surface area (TPSA) is 51.8 Å². The third kappa shape index (κ3) is 8.21.